The number of rotatable bonds is 4. The van der Waals surface area contributed by atoms with Gasteiger partial charge in [-0.1, -0.05) is 31.2 Å². The number of para-hydroxylation sites is 1. The van der Waals surface area contributed by atoms with Crippen molar-refractivity contribution >= 4 is 0 Å². The van der Waals surface area contributed by atoms with E-state index in [0.29, 0.717) is 12.0 Å². The van der Waals surface area contributed by atoms with E-state index in [4.69, 9.17) is 4.74 Å². The lowest BCUT2D eigenvalue weighted by Gasteiger charge is -2.14. The molecule has 1 aromatic carbocycles. The number of ether oxygens (including phenoxy) is 1. The average molecular weight is 259 g/mol. The third kappa shape index (κ3) is 2.62. The number of aromatic nitrogens is 3. The maximum atomic E-state index is 5.58. The molecule has 0 aliphatic carbocycles. The summed E-state index contributed by atoms with van der Waals surface area (Å²) in [5, 5.41) is 8.40. The summed E-state index contributed by atoms with van der Waals surface area (Å²) < 4.78 is 7.44. The minimum atomic E-state index is 0.306. The summed E-state index contributed by atoms with van der Waals surface area (Å²) in [6.07, 6.45) is 1.96. The van der Waals surface area contributed by atoms with Crippen molar-refractivity contribution in [3.05, 3.63) is 30.0 Å². The second-order valence-electron chi connectivity index (χ2n) is 5.26. The summed E-state index contributed by atoms with van der Waals surface area (Å²) in [6, 6.07) is 6.47. The molecule has 0 amide bonds. The van der Waals surface area contributed by atoms with Crippen LogP contribution < -0.4 is 4.74 Å². The Bertz CT molecular complexity index is 558. The average Bonchev–Trinajstić information content (AvgIpc) is 2.87. The molecule has 4 nitrogen and oxygen atoms in total. The van der Waals surface area contributed by atoms with Crippen LogP contribution in [0.15, 0.2) is 24.4 Å². The number of hydrogen-bond donors (Lipinski definition) is 0. The first-order chi connectivity index (χ1) is 9.04. The van der Waals surface area contributed by atoms with E-state index in [9.17, 15) is 0 Å². The Morgan fingerprint density at radius 2 is 1.89 bits per heavy atom. The summed E-state index contributed by atoms with van der Waals surface area (Å²) in [7, 11) is 1.71. The van der Waals surface area contributed by atoms with Crippen molar-refractivity contribution in [1.82, 2.24) is 15.0 Å². The quantitative estimate of drug-likeness (QED) is 0.841. The van der Waals surface area contributed by atoms with Gasteiger partial charge in [0, 0.05) is 11.6 Å². The van der Waals surface area contributed by atoms with E-state index in [-0.39, 0.29) is 0 Å². The highest BCUT2D eigenvalue weighted by Gasteiger charge is 2.15. The van der Waals surface area contributed by atoms with Gasteiger partial charge in [-0.3, -0.25) is 0 Å². The lowest BCUT2D eigenvalue weighted by Crippen LogP contribution is -2.00. The maximum absolute atomic E-state index is 5.58. The molecule has 4 heteroatoms. The van der Waals surface area contributed by atoms with Crippen LogP contribution in [0.4, 0.5) is 0 Å². The monoisotopic (exact) mass is 259 g/mol. The second kappa shape index (κ2) is 5.43. The van der Waals surface area contributed by atoms with Crippen LogP contribution in [0.2, 0.25) is 0 Å². The Hall–Kier alpha value is -1.84. The summed E-state index contributed by atoms with van der Waals surface area (Å²) >= 11 is 0. The molecule has 0 spiro atoms. The van der Waals surface area contributed by atoms with Crippen molar-refractivity contribution in [2.45, 2.75) is 39.7 Å². The van der Waals surface area contributed by atoms with E-state index in [2.05, 4.69) is 44.1 Å². The highest BCUT2D eigenvalue weighted by Crippen LogP contribution is 2.35. The van der Waals surface area contributed by atoms with Crippen molar-refractivity contribution in [2.24, 2.45) is 0 Å². The van der Waals surface area contributed by atoms with Gasteiger partial charge in [-0.25, -0.2) is 4.68 Å². The van der Waals surface area contributed by atoms with Crippen molar-refractivity contribution in [3.63, 3.8) is 0 Å². The molecule has 0 atom stereocenters. The lowest BCUT2D eigenvalue weighted by molar-refractivity contribution is 0.409. The normalized spacial score (nSPS) is 11.3. The Kier molecular flexibility index (Phi) is 3.88. The molecule has 0 unspecified atom stereocenters. The SMILES string of the molecule is COc1c(-c2cn(C(C)C)nn2)cccc1C(C)C. The first-order valence-electron chi connectivity index (χ1n) is 6.63. The first-order valence-corrected chi connectivity index (χ1v) is 6.63. The standard InChI is InChI=1S/C15H21N3O/c1-10(2)12-7-6-8-13(15(12)19-5)14-9-18(11(3)4)17-16-14/h6-11H,1-5H3. The van der Waals surface area contributed by atoms with E-state index >= 15 is 0 Å². The van der Waals surface area contributed by atoms with Crippen molar-refractivity contribution < 1.29 is 4.74 Å². The smallest absolute Gasteiger partial charge is 0.131 e. The summed E-state index contributed by atoms with van der Waals surface area (Å²) in [6.45, 7) is 8.49. The van der Waals surface area contributed by atoms with Gasteiger partial charge < -0.3 is 4.74 Å². The molecule has 2 rings (SSSR count). The first kappa shape index (κ1) is 13.6. The lowest BCUT2D eigenvalue weighted by atomic mass is 9.98. The van der Waals surface area contributed by atoms with Crippen LogP contribution in [0.1, 0.15) is 45.2 Å². The van der Waals surface area contributed by atoms with E-state index in [1.807, 2.05) is 23.0 Å². The zero-order valence-corrected chi connectivity index (χ0v) is 12.2. The van der Waals surface area contributed by atoms with Crippen LogP contribution in [-0.2, 0) is 0 Å². The molecule has 0 aliphatic heterocycles. The van der Waals surface area contributed by atoms with Crippen LogP contribution in [0.25, 0.3) is 11.3 Å². The molecule has 102 valence electrons. The number of benzene rings is 1. The highest BCUT2D eigenvalue weighted by molar-refractivity contribution is 5.68. The zero-order chi connectivity index (χ0) is 14.0. The van der Waals surface area contributed by atoms with Crippen LogP contribution in [0.3, 0.4) is 0 Å². The largest absolute Gasteiger partial charge is 0.496 e. The molecule has 0 saturated heterocycles. The molecule has 2 aromatic rings. The predicted molar refractivity (Wildman–Crippen MR) is 76.5 cm³/mol. The van der Waals surface area contributed by atoms with Crippen LogP contribution in [0.5, 0.6) is 5.75 Å². The molecular weight excluding hydrogens is 238 g/mol. The van der Waals surface area contributed by atoms with E-state index < -0.39 is 0 Å². The van der Waals surface area contributed by atoms with Gasteiger partial charge in [0.2, 0.25) is 0 Å². The Morgan fingerprint density at radius 3 is 2.42 bits per heavy atom. The highest BCUT2D eigenvalue weighted by atomic mass is 16.5. The Morgan fingerprint density at radius 1 is 1.16 bits per heavy atom. The topological polar surface area (TPSA) is 39.9 Å². The van der Waals surface area contributed by atoms with E-state index in [1.165, 1.54) is 5.56 Å². The molecule has 1 aromatic heterocycles. The minimum Gasteiger partial charge on any atom is -0.496 e. The fourth-order valence-corrected chi connectivity index (χ4v) is 2.09. The summed E-state index contributed by atoms with van der Waals surface area (Å²) in [5.41, 5.74) is 3.05. The number of nitrogens with zero attached hydrogens (tertiary/aromatic N) is 3. The van der Waals surface area contributed by atoms with Gasteiger partial charge in [-0.2, -0.15) is 0 Å². The van der Waals surface area contributed by atoms with Gasteiger partial charge >= 0.3 is 0 Å². The molecular formula is C15H21N3O. The number of methoxy groups -OCH3 is 1. The molecule has 0 saturated carbocycles. The molecule has 1 heterocycles. The molecule has 0 N–H and O–H groups in total. The second-order valence-corrected chi connectivity index (χ2v) is 5.26. The molecule has 0 radical (unpaired) electrons. The summed E-state index contributed by atoms with van der Waals surface area (Å²) in [4.78, 5) is 0. The summed E-state index contributed by atoms with van der Waals surface area (Å²) in [5.74, 6) is 1.31. The van der Waals surface area contributed by atoms with Crippen molar-refractivity contribution in [3.8, 4) is 17.0 Å². The minimum absolute atomic E-state index is 0.306. The van der Waals surface area contributed by atoms with Gasteiger partial charge in [-0.05, 0) is 31.4 Å². The fraction of sp³-hybridized carbons (Fsp3) is 0.467. The van der Waals surface area contributed by atoms with E-state index in [0.717, 1.165) is 17.0 Å². The Balaban J connectivity index is 2.51. The fourth-order valence-electron chi connectivity index (χ4n) is 2.09. The molecule has 19 heavy (non-hydrogen) atoms. The van der Waals surface area contributed by atoms with Gasteiger partial charge in [-0.15, -0.1) is 5.10 Å². The third-order valence-corrected chi connectivity index (χ3v) is 3.19. The number of hydrogen-bond acceptors (Lipinski definition) is 3. The Labute approximate surface area is 114 Å². The van der Waals surface area contributed by atoms with Crippen LogP contribution in [0, 0.1) is 0 Å². The van der Waals surface area contributed by atoms with Gasteiger partial charge in [0.1, 0.15) is 11.4 Å². The third-order valence-electron chi connectivity index (χ3n) is 3.19. The predicted octanol–water partition coefficient (Wildman–Crippen LogP) is 3.66. The maximum Gasteiger partial charge on any atom is 0.131 e. The van der Waals surface area contributed by atoms with Gasteiger partial charge in [0.15, 0.2) is 0 Å². The molecule has 0 fully saturated rings. The van der Waals surface area contributed by atoms with Gasteiger partial charge in [0.25, 0.3) is 0 Å². The van der Waals surface area contributed by atoms with Gasteiger partial charge in [0.05, 0.1) is 13.3 Å². The van der Waals surface area contributed by atoms with Crippen LogP contribution >= 0.6 is 0 Å². The molecule has 0 aliphatic rings. The molecule has 0 bridgehead atoms. The van der Waals surface area contributed by atoms with Crippen molar-refractivity contribution in [1.29, 1.82) is 0 Å². The zero-order valence-electron chi connectivity index (χ0n) is 12.2. The van der Waals surface area contributed by atoms with E-state index in [1.54, 1.807) is 7.11 Å². The van der Waals surface area contributed by atoms with Crippen molar-refractivity contribution in [2.75, 3.05) is 7.11 Å². The van der Waals surface area contributed by atoms with Crippen LogP contribution in [-0.4, -0.2) is 22.1 Å².